The zero-order valence-electron chi connectivity index (χ0n) is 25.5. The molecule has 10 atom stereocenters. The number of hydrogen-bond donors (Lipinski definition) is 1. The number of carbonyl (C=O) groups excluding carboxylic acids is 1. The monoisotopic (exact) mass is 546 g/mol. The van der Waals surface area contributed by atoms with Gasteiger partial charge < -0.3 is 19.3 Å². The molecule has 222 valence electrons. The number of methoxy groups -OCH3 is 1. The second kappa shape index (κ2) is 10.3. The minimum Gasteiger partial charge on any atom is -0.481 e. The molecule has 0 spiro atoms. The van der Waals surface area contributed by atoms with Crippen molar-refractivity contribution in [2.75, 3.05) is 26.9 Å². The average molecular weight is 547 g/mol. The number of carboxylic acid groups (broad SMARTS) is 1. The van der Waals surface area contributed by atoms with Crippen molar-refractivity contribution in [1.82, 2.24) is 0 Å². The smallest absolute Gasteiger partial charge is 0.332 e. The molecule has 6 aliphatic rings. The lowest BCUT2D eigenvalue weighted by atomic mass is 9.33. The summed E-state index contributed by atoms with van der Waals surface area (Å²) >= 11 is 0. The lowest BCUT2D eigenvalue weighted by Gasteiger charge is -2.71. The summed E-state index contributed by atoms with van der Waals surface area (Å²) < 4.78 is 14.4. The Balaban J connectivity index is 0.000000237. The van der Waals surface area contributed by atoms with Crippen molar-refractivity contribution in [2.45, 2.75) is 117 Å². The van der Waals surface area contributed by atoms with Gasteiger partial charge in [-0.05, 0) is 111 Å². The van der Waals surface area contributed by atoms with E-state index in [0.717, 1.165) is 43.4 Å². The lowest BCUT2D eigenvalue weighted by molar-refractivity contribution is -0.227. The van der Waals surface area contributed by atoms with E-state index in [0.29, 0.717) is 41.3 Å². The molecule has 1 saturated heterocycles. The average Bonchev–Trinajstić information content (AvgIpc) is 3.45. The van der Waals surface area contributed by atoms with Crippen LogP contribution < -0.4 is 0 Å². The van der Waals surface area contributed by atoms with Gasteiger partial charge in [0, 0.05) is 7.11 Å². The molecule has 1 aliphatic heterocycles. The van der Waals surface area contributed by atoms with Gasteiger partial charge in [-0.2, -0.15) is 0 Å². The number of rotatable bonds is 5. The molecule has 0 aromatic carbocycles. The molecule has 6 fully saturated rings. The molecule has 1 heterocycles. The minimum absolute atomic E-state index is 0.01000. The molecule has 39 heavy (non-hydrogen) atoms. The van der Waals surface area contributed by atoms with Gasteiger partial charge in [0.1, 0.15) is 18.8 Å². The summed E-state index contributed by atoms with van der Waals surface area (Å²) in [6.07, 6.45) is 15.1. The summed E-state index contributed by atoms with van der Waals surface area (Å²) in [7, 11) is 1.45. The Morgan fingerprint density at radius 3 is 2.23 bits per heavy atom. The Labute approximate surface area is 236 Å². The Hall–Kier alpha value is -1.14. The van der Waals surface area contributed by atoms with E-state index < -0.39 is 5.97 Å². The summed E-state index contributed by atoms with van der Waals surface area (Å²) in [5.74, 6) is 2.94. The first-order valence-electron chi connectivity index (χ1n) is 15.9. The maximum atomic E-state index is 12.4. The quantitative estimate of drug-likeness (QED) is 0.298. The number of hydrogen-bond acceptors (Lipinski definition) is 5. The van der Waals surface area contributed by atoms with E-state index in [1.807, 2.05) is 6.92 Å². The van der Waals surface area contributed by atoms with Gasteiger partial charge in [-0.1, -0.05) is 47.0 Å². The summed E-state index contributed by atoms with van der Waals surface area (Å²) in [6, 6.07) is 0. The highest BCUT2D eigenvalue weighted by molar-refractivity contribution is 5.76. The first-order chi connectivity index (χ1) is 18.4. The van der Waals surface area contributed by atoms with Crippen LogP contribution in [0.3, 0.4) is 0 Å². The molecule has 0 bridgehead atoms. The highest BCUT2D eigenvalue weighted by Gasteiger charge is 2.69. The molecule has 6 nitrogen and oxygen atoms in total. The second-order valence-electron chi connectivity index (χ2n) is 15.4. The van der Waals surface area contributed by atoms with E-state index >= 15 is 0 Å². The third kappa shape index (κ3) is 4.68. The van der Waals surface area contributed by atoms with Crippen LogP contribution in [-0.4, -0.2) is 49.6 Å². The van der Waals surface area contributed by atoms with Gasteiger partial charge in [0.2, 0.25) is 0 Å². The highest BCUT2D eigenvalue weighted by Crippen LogP contribution is 2.75. The fourth-order valence-electron chi connectivity index (χ4n) is 11.2. The van der Waals surface area contributed by atoms with Gasteiger partial charge in [0.25, 0.3) is 0 Å². The van der Waals surface area contributed by atoms with Gasteiger partial charge in [-0.25, -0.2) is 4.79 Å². The number of carbonyl (C=O) groups is 2. The van der Waals surface area contributed by atoms with E-state index in [1.165, 1.54) is 58.5 Å². The zero-order valence-corrected chi connectivity index (χ0v) is 25.5. The van der Waals surface area contributed by atoms with Crippen molar-refractivity contribution in [3.8, 4) is 0 Å². The lowest BCUT2D eigenvalue weighted by Crippen LogP contribution is -2.64. The first kappa shape index (κ1) is 29.4. The molecular weight excluding hydrogens is 492 g/mol. The molecule has 5 aliphatic carbocycles. The van der Waals surface area contributed by atoms with Crippen LogP contribution in [0, 0.1) is 51.2 Å². The molecular formula is C33H54O6. The SMILES string of the molecule is CC1CCCC2(C)C1CCC1(C)C2CCC2C3CCCC3(C(=O)O)CC[C@]21C.COCC(=O)OC[C@@]1(C)CO1. The van der Waals surface area contributed by atoms with E-state index in [1.54, 1.807) is 0 Å². The van der Waals surface area contributed by atoms with E-state index in [-0.39, 0.29) is 23.6 Å². The maximum Gasteiger partial charge on any atom is 0.332 e. The Bertz CT molecular complexity index is 944. The summed E-state index contributed by atoms with van der Waals surface area (Å²) in [4.78, 5) is 23.1. The van der Waals surface area contributed by atoms with Crippen molar-refractivity contribution in [2.24, 2.45) is 51.2 Å². The number of epoxide rings is 1. The molecule has 5 saturated carbocycles. The van der Waals surface area contributed by atoms with Gasteiger partial charge in [0.15, 0.2) is 0 Å². The number of fused-ring (bicyclic) bond motifs is 7. The molecule has 0 amide bonds. The van der Waals surface area contributed by atoms with Crippen molar-refractivity contribution in [3.05, 3.63) is 0 Å². The molecule has 6 heteroatoms. The Morgan fingerprint density at radius 2 is 1.56 bits per heavy atom. The second-order valence-corrected chi connectivity index (χ2v) is 15.4. The van der Waals surface area contributed by atoms with Crippen LogP contribution in [0.2, 0.25) is 0 Å². The van der Waals surface area contributed by atoms with Crippen LogP contribution in [0.1, 0.15) is 112 Å². The molecule has 6 rings (SSSR count). The number of ether oxygens (including phenoxy) is 3. The molecule has 1 N–H and O–H groups in total. The third-order valence-corrected chi connectivity index (χ3v) is 13.6. The first-order valence-corrected chi connectivity index (χ1v) is 15.9. The van der Waals surface area contributed by atoms with Gasteiger partial charge in [-0.3, -0.25) is 4.79 Å². The van der Waals surface area contributed by atoms with Crippen molar-refractivity contribution >= 4 is 11.9 Å². The Morgan fingerprint density at radius 1 is 0.846 bits per heavy atom. The van der Waals surface area contributed by atoms with Crippen LogP contribution in [0.15, 0.2) is 0 Å². The maximum absolute atomic E-state index is 12.4. The largest absolute Gasteiger partial charge is 0.481 e. The predicted octanol–water partition coefficient (Wildman–Crippen LogP) is 6.89. The van der Waals surface area contributed by atoms with Crippen LogP contribution in [-0.2, 0) is 23.8 Å². The van der Waals surface area contributed by atoms with Crippen molar-refractivity contribution < 1.29 is 28.9 Å². The van der Waals surface area contributed by atoms with Gasteiger partial charge >= 0.3 is 11.9 Å². The summed E-state index contributed by atoms with van der Waals surface area (Å²) in [5.41, 5.74) is 0.677. The molecule has 0 aromatic heterocycles. The fourth-order valence-corrected chi connectivity index (χ4v) is 11.2. The standard InChI is InChI=1S/C26H42O2.C7H12O4/c1-17-7-5-12-23(2)18(17)11-14-25(4)21(23)10-9-19-20-8-6-13-26(20,22(27)28)16-15-24(19,25)3;1-7(5-11-7)4-10-6(8)3-9-2/h17-21H,5-16H2,1-4H3,(H,27,28);3-5H2,1-2H3/t17?,18?,19?,20?,21?,23?,24-,25?,26?;7-/m10/s1. The van der Waals surface area contributed by atoms with E-state index in [4.69, 9.17) is 9.47 Å². The van der Waals surface area contributed by atoms with Crippen LogP contribution in [0.25, 0.3) is 0 Å². The van der Waals surface area contributed by atoms with Gasteiger partial charge in [-0.15, -0.1) is 0 Å². The van der Waals surface area contributed by atoms with Crippen LogP contribution >= 0.6 is 0 Å². The highest BCUT2D eigenvalue weighted by atomic mass is 16.6. The Kier molecular flexibility index (Phi) is 7.75. The normalized spacial score (nSPS) is 49.7. The van der Waals surface area contributed by atoms with Crippen molar-refractivity contribution in [3.63, 3.8) is 0 Å². The van der Waals surface area contributed by atoms with Crippen molar-refractivity contribution in [1.29, 1.82) is 0 Å². The number of carboxylic acids is 1. The van der Waals surface area contributed by atoms with E-state index in [9.17, 15) is 14.7 Å². The van der Waals surface area contributed by atoms with Crippen LogP contribution in [0.4, 0.5) is 0 Å². The van der Waals surface area contributed by atoms with Gasteiger partial charge in [0.05, 0.1) is 12.0 Å². The number of aliphatic carboxylic acids is 1. The third-order valence-electron chi connectivity index (χ3n) is 13.6. The minimum atomic E-state index is -0.471. The summed E-state index contributed by atoms with van der Waals surface area (Å²) in [5, 5.41) is 10.2. The summed E-state index contributed by atoms with van der Waals surface area (Å²) in [6.45, 7) is 13.4. The fraction of sp³-hybridized carbons (Fsp3) is 0.939. The zero-order chi connectivity index (χ0) is 28.3. The van der Waals surface area contributed by atoms with E-state index in [2.05, 4.69) is 32.4 Å². The predicted molar refractivity (Wildman–Crippen MR) is 150 cm³/mol. The molecule has 8 unspecified atom stereocenters. The number of esters is 1. The molecule has 0 aromatic rings. The topological polar surface area (TPSA) is 85.4 Å². The molecule has 0 radical (unpaired) electrons. The van der Waals surface area contributed by atoms with Crippen LogP contribution in [0.5, 0.6) is 0 Å².